The maximum absolute atomic E-state index is 11.9. The molecule has 0 atom stereocenters. The van der Waals surface area contributed by atoms with E-state index in [1.807, 2.05) is 18.0 Å². The normalized spacial score (nSPS) is 10.7. The van der Waals surface area contributed by atoms with Gasteiger partial charge in [0.1, 0.15) is 0 Å². The van der Waals surface area contributed by atoms with Crippen LogP contribution in [0.2, 0.25) is 0 Å². The summed E-state index contributed by atoms with van der Waals surface area (Å²) in [6, 6.07) is 8.32. The van der Waals surface area contributed by atoms with Gasteiger partial charge in [0.15, 0.2) is 0 Å². The first-order valence-electron chi connectivity index (χ1n) is 7.63. The molecule has 0 aliphatic carbocycles. The molecule has 0 fully saturated rings. The number of amides is 1. The number of benzene rings is 1. The molecular formula is C17H28N2O. The molecule has 1 rings (SSSR count). The van der Waals surface area contributed by atoms with Crippen LogP contribution in [0.3, 0.4) is 0 Å². The summed E-state index contributed by atoms with van der Waals surface area (Å²) in [6.07, 6.45) is 2.75. The molecule has 0 unspecified atom stereocenters. The fourth-order valence-electron chi connectivity index (χ4n) is 2.18. The topological polar surface area (TPSA) is 32.3 Å². The average Bonchev–Trinajstić information content (AvgIpc) is 2.44. The van der Waals surface area contributed by atoms with Crippen LogP contribution in [-0.2, 0) is 4.79 Å². The lowest BCUT2D eigenvalue weighted by Gasteiger charge is -2.18. The molecule has 0 aromatic heterocycles. The average molecular weight is 276 g/mol. The van der Waals surface area contributed by atoms with Crippen LogP contribution < -0.4 is 5.32 Å². The van der Waals surface area contributed by atoms with Crippen LogP contribution in [0.25, 0.3) is 0 Å². The first-order valence-corrected chi connectivity index (χ1v) is 7.63. The summed E-state index contributed by atoms with van der Waals surface area (Å²) in [6.45, 7) is 8.06. The van der Waals surface area contributed by atoms with Crippen molar-refractivity contribution < 1.29 is 4.79 Å². The fourth-order valence-corrected chi connectivity index (χ4v) is 2.18. The molecular weight excluding hydrogens is 248 g/mol. The summed E-state index contributed by atoms with van der Waals surface area (Å²) in [4.78, 5) is 13.8. The highest BCUT2D eigenvalue weighted by atomic mass is 16.2. The fraction of sp³-hybridized carbons (Fsp3) is 0.588. The molecule has 1 aromatic rings. The van der Waals surface area contributed by atoms with Gasteiger partial charge in [-0.25, -0.2) is 0 Å². The van der Waals surface area contributed by atoms with Crippen molar-refractivity contribution in [2.24, 2.45) is 0 Å². The maximum Gasteiger partial charge on any atom is 0.224 e. The first-order chi connectivity index (χ1) is 9.56. The molecule has 20 heavy (non-hydrogen) atoms. The summed E-state index contributed by atoms with van der Waals surface area (Å²) >= 11 is 0. The van der Waals surface area contributed by atoms with Crippen molar-refractivity contribution in [1.82, 2.24) is 4.90 Å². The molecule has 0 heterocycles. The number of anilines is 1. The Labute approximate surface area is 123 Å². The zero-order valence-electron chi connectivity index (χ0n) is 13.3. The molecule has 1 N–H and O–H groups in total. The maximum atomic E-state index is 11.9. The number of nitrogens with zero attached hydrogens (tertiary/aromatic N) is 1. The third kappa shape index (κ3) is 5.24. The molecule has 0 spiro atoms. The minimum Gasteiger partial charge on any atom is -0.384 e. The Kier molecular flexibility index (Phi) is 7.13. The van der Waals surface area contributed by atoms with Gasteiger partial charge in [-0.2, -0.15) is 0 Å². The minimum absolute atomic E-state index is 0.216. The number of para-hydroxylation sites is 1. The van der Waals surface area contributed by atoms with Crippen LogP contribution >= 0.6 is 0 Å². The largest absolute Gasteiger partial charge is 0.384 e. The van der Waals surface area contributed by atoms with E-state index in [1.54, 1.807) is 0 Å². The number of carbonyl (C=O) groups is 1. The van der Waals surface area contributed by atoms with Gasteiger partial charge in [0.25, 0.3) is 0 Å². The van der Waals surface area contributed by atoms with E-state index >= 15 is 0 Å². The zero-order valence-corrected chi connectivity index (χ0v) is 13.3. The van der Waals surface area contributed by atoms with E-state index in [0.29, 0.717) is 18.9 Å². The van der Waals surface area contributed by atoms with E-state index in [4.69, 9.17) is 0 Å². The van der Waals surface area contributed by atoms with Crippen molar-refractivity contribution in [2.75, 3.05) is 25.5 Å². The SMILES string of the molecule is CCCCN(C)C(=O)CCNc1ccccc1C(C)C. The van der Waals surface area contributed by atoms with E-state index in [9.17, 15) is 4.79 Å². The van der Waals surface area contributed by atoms with E-state index in [0.717, 1.165) is 25.1 Å². The molecule has 3 nitrogen and oxygen atoms in total. The van der Waals surface area contributed by atoms with Crippen LogP contribution in [0, 0.1) is 0 Å². The molecule has 0 bridgehead atoms. The minimum atomic E-state index is 0.216. The van der Waals surface area contributed by atoms with Gasteiger partial charge in [-0.1, -0.05) is 45.4 Å². The van der Waals surface area contributed by atoms with Gasteiger partial charge in [-0.05, 0) is 24.0 Å². The number of carbonyl (C=O) groups excluding carboxylic acids is 1. The van der Waals surface area contributed by atoms with Crippen molar-refractivity contribution in [1.29, 1.82) is 0 Å². The summed E-state index contributed by atoms with van der Waals surface area (Å²) in [5.41, 5.74) is 2.45. The molecule has 1 aromatic carbocycles. The van der Waals surface area contributed by atoms with E-state index < -0.39 is 0 Å². The van der Waals surface area contributed by atoms with Crippen LogP contribution in [-0.4, -0.2) is 30.9 Å². The Hall–Kier alpha value is -1.51. The second kappa shape index (κ2) is 8.62. The summed E-state index contributed by atoms with van der Waals surface area (Å²) in [5, 5.41) is 3.39. The summed E-state index contributed by atoms with van der Waals surface area (Å²) < 4.78 is 0. The Balaban J connectivity index is 2.43. The first kappa shape index (κ1) is 16.5. The summed E-state index contributed by atoms with van der Waals surface area (Å²) in [7, 11) is 1.89. The predicted molar refractivity (Wildman–Crippen MR) is 86.2 cm³/mol. The Morgan fingerprint density at radius 2 is 2.00 bits per heavy atom. The lowest BCUT2D eigenvalue weighted by Crippen LogP contribution is -2.29. The zero-order chi connectivity index (χ0) is 15.0. The Morgan fingerprint density at radius 1 is 1.30 bits per heavy atom. The third-order valence-corrected chi connectivity index (χ3v) is 3.51. The molecule has 112 valence electrons. The van der Waals surface area contributed by atoms with Crippen molar-refractivity contribution in [3.05, 3.63) is 29.8 Å². The molecule has 0 saturated carbocycles. The van der Waals surface area contributed by atoms with Gasteiger partial charge in [0, 0.05) is 32.2 Å². The summed E-state index contributed by atoms with van der Waals surface area (Å²) in [5.74, 6) is 0.703. The van der Waals surface area contributed by atoms with Gasteiger partial charge in [0.05, 0.1) is 0 Å². The van der Waals surface area contributed by atoms with E-state index in [-0.39, 0.29) is 5.91 Å². The van der Waals surface area contributed by atoms with Gasteiger partial charge in [-0.15, -0.1) is 0 Å². The second-order valence-corrected chi connectivity index (χ2v) is 5.59. The molecule has 0 saturated heterocycles. The van der Waals surface area contributed by atoms with Crippen molar-refractivity contribution in [2.45, 2.75) is 46.0 Å². The van der Waals surface area contributed by atoms with Crippen LogP contribution in [0.1, 0.15) is 51.5 Å². The quantitative estimate of drug-likeness (QED) is 0.781. The molecule has 3 heteroatoms. The highest BCUT2D eigenvalue weighted by molar-refractivity contribution is 5.76. The molecule has 0 aliphatic rings. The monoisotopic (exact) mass is 276 g/mol. The Bertz CT molecular complexity index is 415. The van der Waals surface area contributed by atoms with Crippen LogP contribution in [0.4, 0.5) is 5.69 Å². The van der Waals surface area contributed by atoms with E-state index in [1.165, 1.54) is 5.56 Å². The smallest absolute Gasteiger partial charge is 0.224 e. The predicted octanol–water partition coefficient (Wildman–Crippen LogP) is 3.87. The van der Waals surface area contributed by atoms with Crippen LogP contribution in [0.5, 0.6) is 0 Å². The van der Waals surface area contributed by atoms with Crippen molar-refractivity contribution in [3.63, 3.8) is 0 Å². The van der Waals surface area contributed by atoms with Gasteiger partial charge in [0.2, 0.25) is 5.91 Å². The van der Waals surface area contributed by atoms with Gasteiger partial charge >= 0.3 is 0 Å². The number of rotatable bonds is 8. The number of hydrogen-bond acceptors (Lipinski definition) is 2. The van der Waals surface area contributed by atoms with Crippen LogP contribution in [0.15, 0.2) is 24.3 Å². The lowest BCUT2D eigenvalue weighted by atomic mass is 10.0. The standard InChI is InChI=1S/C17H28N2O/c1-5-6-13-19(4)17(20)11-12-18-16-10-8-7-9-15(16)14(2)3/h7-10,14,18H,5-6,11-13H2,1-4H3. The second-order valence-electron chi connectivity index (χ2n) is 5.59. The number of nitrogens with one attached hydrogen (secondary N) is 1. The Morgan fingerprint density at radius 3 is 2.65 bits per heavy atom. The molecule has 1 amide bonds. The molecule has 0 aliphatic heterocycles. The lowest BCUT2D eigenvalue weighted by molar-refractivity contribution is -0.129. The number of unbranched alkanes of at least 4 members (excludes halogenated alkanes) is 1. The van der Waals surface area contributed by atoms with E-state index in [2.05, 4.69) is 44.3 Å². The van der Waals surface area contributed by atoms with Crippen molar-refractivity contribution >= 4 is 11.6 Å². The van der Waals surface area contributed by atoms with Gasteiger partial charge < -0.3 is 10.2 Å². The highest BCUT2D eigenvalue weighted by Crippen LogP contribution is 2.23. The highest BCUT2D eigenvalue weighted by Gasteiger charge is 2.09. The number of hydrogen-bond donors (Lipinski definition) is 1. The van der Waals surface area contributed by atoms with Crippen molar-refractivity contribution in [3.8, 4) is 0 Å². The third-order valence-electron chi connectivity index (χ3n) is 3.51. The van der Waals surface area contributed by atoms with Gasteiger partial charge in [-0.3, -0.25) is 4.79 Å². The molecule has 0 radical (unpaired) electrons.